The number of nitrogens with zero attached hydrogens (tertiary/aromatic N) is 3. The first kappa shape index (κ1) is 21.9. The van der Waals surface area contributed by atoms with Crippen molar-refractivity contribution >= 4 is 46.6 Å². The van der Waals surface area contributed by atoms with Crippen LogP contribution in [-0.2, 0) is 9.59 Å². The molecular formula is C23H18N4O5S. The molecule has 9 nitrogen and oxygen atoms in total. The van der Waals surface area contributed by atoms with Crippen LogP contribution >= 0.6 is 12.2 Å². The van der Waals surface area contributed by atoms with Gasteiger partial charge in [0, 0.05) is 29.7 Å². The van der Waals surface area contributed by atoms with E-state index in [0.29, 0.717) is 29.4 Å². The van der Waals surface area contributed by atoms with Crippen molar-refractivity contribution in [2.24, 2.45) is 0 Å². The molecule has 3 aromatic rings. The van der Waals surface area contributed by atoms with Gasteiger partial charge in [-0.3, -0.25) is 29.9 Å². The van der Waals surface area contributed by atoms with E-state index in [0.717, 1.165) is 0 Å². The maximum absolute atomic E-state index is 13.2. The average molecular weight is 462 g/mol. The van der Waals surface area contributed by atoms with Gasteiger partial charge in [0.15, 0.2) is 5.11 Å². The highest BCUT2D eigenvalue weighted by molar-refractivity contribution is 7.80. The van der Waals surface area contributed by atoms with Gasteiger partial charge < -0.3 is 9.30 Å². The molecule has 2 heterocycles. The number of nitro groups is 1. The Hall–Kier alpha value is -4.31. The highest BCUT2D eigenvalue weighted by atomic mass is 32.1. The van der Waals surface area contributed by atoms with Crippen molar-refractivity contribution in [2.45, 2.75) is 6.92 Å². The molecule has 1 aromatic heterocycles. The molecule has 4 rings (SSSR count). The topological polar surface area (TPSA) is 107 Å². The van der Waals surface area contributed by atoms with E-state index in [4.69, 9.17) is 17.0 Å². The standard InChI is InChI=1S/C23H18N4O5S/c1-2-32-19-11-9-16(10-12-19)26-22(29)20(21(28)24-23(26)33)14-18-4-3-13-25(18)15-5-7-17(8-6-15)27(30)31/h3-14H,2H2,1H3,(H,24,28,33). The van der Waals surface area contributed by atoms with Crippen molar-refractivity contribution in [1.29, 1.82) is 0 Å². The predicted octanol–water partition coefficient (Wildman–Crippen LogP) is 3.62. The van der Waals surface area contributed by atoms with E-state index >= 15 is 0 Å². The molecule has 1 fully saturated rings. The number of nitro benzene ring substituents is 1. The molecule has 33 heavy (non-hydrogen) atoms. The van der Waals surface area contributed by atoms with Crippen molar-refractivity contribution in [3.8, 4) is 11.4 Å². The third kappa shape index (κ3) is 4.37. The fraction of sp³-hybridized carbons (Fsp3) is 0.0870. The Morgan fingerprint density at radius 3 is 2.36 bits per heavy atom. The van der Waals surface area contributed by atoms with Crippen LogP contribution in [0.4, 0.5) is 11.4 Å². The van der Waals surface area contributed by atoms with Crippen LogP contribution in [0.15, 0.2) is 72.4 Å². The van der Waals surface area contributed by atoms with Gasteiger partial charge in [0.1, 0.15) is 11.3 Å². The van der Waals surface area contributed by atoms with Crippen LogP contribution in [0.1, 0.15) is 12.6 Å². The van der Waals surface area contributed by atoms with Gasteiger partial charge in [-0.15, -0.1) is 0 Å². The zero-order valence-electron chi connectivity index (χ0n) is 17.4. The Labute approximate surface area is 194 Å². The van der Waals surface area contributed by atoms with Crippen molar-refractivity contribution in [3.05, 3.63) is 88.2 Å². The van der Waals surface area contributed by atoms with Crippen LogP contribution in [0.25, 0.3) is 11.8 Å². The number of non-ortho nitro benzene ring substituents is 1. The molecule has 10 heteroatoms. The molecule has 0 atom stereocenters. The summed E-state index contributed by atoms with van der Waals surface area (Å²) in [6.07, 6.45) is 3.19. The Bertz CT molecular complexity index is 1280. The summed E-state index contributed by atoms with van der Waals surface area (Å²) in [5, 5.41) is 13.4. The number of anilines is 1. The third-order valence-corrected chi connectivity index (χ3v) is 5.20. The molecule has 0 unspecified atom stereocenters. The highest BCUT2D eigenvalue weighted by Crippen LogP contribution is 2.25. The summed E-state index contributed by atoms with van der Waals surface area (Å²) in [4.78, 5) is 37.5. The molecule has 1 aliphatic rings. The van der Waals surface area contributed by atoms with Gasteiger partial charge in [-0.05, 0) is 73.7 Å². The van der Waals surface area contributed by atoms with Gasteiger partial charge >= 0.3 is 0 Å². The van der Waals surface area contributed by atoms with E-state index in [2.05, 4.69) is 5.32 Å². The fourth-order valence-corrected chi connectivity index (χ4v) is 3.66. The minimum Gasteiger partial charge on any atom is -0.494 e. The van der Waals surface area contributed by atoms with E-state index in [9.17, 15) is 19.7 Å². The number of rotatable bonds is 6. The number of aromatic nitrogens is 1. The van der Waals surface area contributed by atoms with Crippen molar-refractivity contribution in [3.63, 3.8) is 0 Å². The Morgan fingerprint density at radius 1 is 1.06 bits per heavy atom. The van der Waals surface area contributed by atoms with E-state index in [1.807, 2.05) is 6.92 Å². The van der Waals surface area contributed by atoms with Crippen molar-refractivity contribution in [1.82, 2.24) is 9.88 Å². The molecule has 2 amide bonds. The van der Waals surface area contributed by atoms with Crippen LogP contribution in [0.5, 0.6) is 5.75 Å². The molecule has 0 radical (unpaired) electrons. The molecule has 0 saturated carbocycles. The second-order valence-corrected chi connectivity index (χ2v) is 7.35. The van der Waals surface area contributed by atoms with E-state index in [-0.39, 0.29) is 16.4 Å². The lowest BCUT2D eigenvalue weighted by atomic mass is 10.1. The molecule has 0 spiro atoms. The summed E-state index contributed by atoms with van der Waals surface area (Å²) >= 11 is 5.24. The molecule has 1 N–H and O–H groups in total. The average Bonchev–Trinajstić information content (AvgIpc) is 3.26. The number of hydrogen-bond donors (Lipinski definition) is 1. The molecule has 0 bridgehead atoms. The maximum atomic E-state index is 13.2. The van der Waals surface area contributed by atoms with Crippen LogP contribution in [0.3, 0.4) is 0 Å². The smallest absolute Gasteiger partial charge is 0.270 e. The number of thiocarbonyl (C=S) groups is 1. The van der Waals surface area contributed by atoms with Gasteiger partial charge in [-0.1, -0.05) is 0 Å². The Kier molecular flexibility index (Phi) is 6.01. The first-order valence-electron chi connectivity index (χ1n) is 9.95. The number of nitrogens with one attached hydrogen (secondary N) is 1. The second kappa shape index (κ2) is 9.05. The molecule has 0 aliphatic carbocycles. The van der Waals surface area contributed by atoms with Crippen molar-refractivity contribution in [2.75, 3.05) is 11.5 Å². The minimum atomic E-state index is -0.608. The maximum Gasteiger partial charge on any atom is 0.270 e. The summed E-state index contributed by atoms with van der Waals surface area (Å²) < 4.78 is 7.14. The lowest BCUT2D eigenvalue weighted by Gasteiger charge is -2.29. The number of benzene rings is 2. The lowest BCUT2D eigenvalue weighted by Crippen LogP contribution is -2.54. The number of ether oxygens (including phenoxy) is 1. The van der Waals surface area contributed by atoms with E-state index in [1.165, 1.54) is 23.1 Å². The summed E-state index contributed by atoms with van der Waals surface area (Å²) in [6, 6.07) is 16.2. The Balaban J connectivity index is 1.67. The molecule has 1 aliphatic heterocycles. The van der Waals surface area contributed by atoms with Crippen LogP contribution in [-0.4, -0.2) is 33.0 Å². The largest absolute Gasteiger partial charge is 0.494 e. The molecular weight excluding hydrogens is 444 g/mol. The number of hydrogen-bond acceptors (Lipinski definition) is 6. The molecule has 2 aromatic carbocycles. The zero-order chi connectivity index (χ0) is 23.5. The second-order valence-electron chi connectivity index (χ2n) is 6.96. The normalized spacial score (nSPS) is 15.0. The Morgan fingerprint density at radius 2 is 1.73 bits per heavy atom. The van der Waals surface area contributed by atoms with Crippen LogP contribution in [0, 0.1) is 10.1 Å². The van der Waals surface area contributed by atoms with Crippen molar-refractivity contribution < 1.29 is 19.2 Å². The fourth-order valence-electron chi connectivity index (χ4n) is 3.38. The van der Waals surface area contributed by atoms with Gasteiger partial charge in [0.05, 0.1) is 17.2 Å². The minimum absolute atomic E-state index is 0.0166. The van der Waals surface area contributed by atoms with E-state index in [1.54, 1.807) is 59.3 Å². The van der Waals surface area contributed by atoms with Gasteiger partial charge in [0.2, 0.25) is 0 Å². The number of carbonyl (C=O) groups excluding carboxylic acids is 2. The number of amides is 2. The van der Waals surface area contributed by atoms with Gasteiger partial charge in [-0.25, -0.2) is 0 Å². The monoisotopic (exact) mass is 462 g/mol. The first-order chi connectivity index (χ1) is 15.9. The van der Waals surface area contributed by atoms with Gasteiger partial charge in [-0.2, -0.15) is 0 Å². The third-order valence-electron chi connectivity index (χ3n) is 4.92. The van der Waals surface area contributed by atoms with E-state index < -0.39 is 16.7 Å². The van der Waals surface area contributed by atoms with Crippen LogP contribution < -0.4 is 15.0 Å². The molecule has 1 saturated heterocycles. The summed E-state index contributed by atoms with van der Waals surface area (Å²) in [5.74, 6) is -0.523. The predicted molar refractivity (Wildman–Crippen MR) is 126 cm³/mol. The SMILES string of the molecule is CCOc1ccc(N2C(=O)C(=Cc3cccn3-c3ccc([N+](=O)[O-])cc3)C(=O)NC2=S)cc1. The quantitative estimate of drug-likeness (QED) is 0.197. The lowest BCUT2D eigenvalue weighted by molar-refractivity contribution is -0.384. The summed E-state index contributed by atoms with van der Waals surface area (Å²) in [5.41, 5.74) is 1.54. The highest BCUT2D eigenvalue weighted by Gasteiger charge is 2.34. The zero-order valence-corrected chi connectivity index (χ0v) is 18.2. The summed E-state index contributed by atoms with van der Waals surface area (Å²) in [6.45, 7) is 2.38. The summed E-state index contributed by atoms with van der Waals surface area (Å²) in [7, 11) is 0. The molecule has 166 valence electrons. The number of carbonyl (C=O) groups is 2. The van der Waals surface area contributed by atoms with Gasteiger partial charge in [0.25, 0.3) is 17.5 Å². The first-order valence-corrected chi connectivity index (χ1v) is 10.4. The van der Waals surface area contributed by atoms with Crippen LogP contribution in [0.2, 0.25) is 0 Å².